The van der Waals surface area contributed by atoms with Crippen LogP contribution in [-0.4, -0.2) is 25.2 Å². The highest BCUT2D eigenvalue weighted by atomic mass is 16.5. The van der Waals surface area contributed by atoms with Crippen molar-refractivity contribution in [3.05, 3.63) is 23.3 Å². The van der Waals surface area contributed by atoms with E-state index in [0.717, 1.165) is 30.7 Å². The number of hydrogen-bond donors (Lipinski definition) is 3. The maximum absolute atomic E-state index is 11.5. The van der Waals surface area contributed by atoms with E-state index in [0.29, 0.717) is 30.4 Å². The summed E-state index contributed by atoms with van der Waals surface area (Å²) in [4.78, 5) is 11.5. The Kier molecular flexibility index (Phi) is 2.83. The average molecular weight is 247 g/mol. The van der Waals surface area contributed by atoms with Gasteiger partial charge in [-0.3, -0.25) is 4.79 Å². The van der Waals surface area contributed by atoms with E-state index in [1.807, 2.05) is 6.07 Å². The maximum Gasteiger partial charge on any atom is 0.251 e. The fraction of sp³-hybridized carbons (Fsp3) is 0.462. The molecule has 1 aromatic rings. The van der Waals surface area contributed by atoms with Crippen LogP contribution in [0.4, 0.5) is 11.4 Å². The number of benzene rings is 1. The highest BCUT2D eigenvalue weighted by Gasteiger charge is 2.21. The molecule has 0 radical (unpaired) electrons. The molecule has 2 heterocycles. The van der Waals surface area contributed by atoms with E-state index in [1.165, 1.54) is 0 Å². The normalized spacial score (nSPS) is 22.4. The predicted octanol–water partition coefficient (Wildman–Crippen LogP) is 1.10. The summed E-state index contributed by atoms with van der Waals surface area (Å²) in [5.41, 5.74) is 9.22. The summed E-state index contributed by atoms with van der Waals surface area (Å²) in [6, 6.07) is 4.03. The molecule has 0 aromatic heterocycles. The lowest BCUT2D eigenvalue weighted by atomic mass is 10.1. The summed E-state index contributed by atoms with van der Waals surface area (Å²) < 4.78 is 5.43. The highest BCUT2D eigenvalue weighted by molar-refractivity contribution is 6.00. The summed E-state index contributed by atoms with van der Waals surface area (Å²) in [5, 5.41) is 6.20. The molecule has 4 N–H and O–H groups in total. The third-order valence-corrected chi connectivity index (χ3v) is 3.48. The van der Waals surface area contributed by atoms with E-state index < -0.39 is 0 Å². The quantitative estimate of drug-likeness (QED) is 0.684. The minimum absolute atomic E-state index is 0.0377. The lowest BCUT2D eigenvalue weighted by Crippen LogP contribution is -2.30. The van der Waals surface area contributed by atoms with Crippen LogP contribution < -0.4 is 16.4 Å². The molecule has 5 heteroatoms. The van der Waals surface area contributed by atoms with Crippen molar-refractivity contribution in [3.8, 4) is 0 Å². The van der Waals surface area contributed by atoms with Gasteiger partial charge in [-0.25, -0.2) is 0 Å². The first-order valence-electron chi connectivity index (χ1n) is 6.29. The third kappa shape index (κ3) is 2.01. The number of amides is 1. The number of nitrogens with two attached hydrogens (primary N) is 1. The van der Waals surface area contributed by atoms with Crippen LogP contribution in [0.25, 0.3) is 0 Å². The summed E-state index contributed by atoms with van der Waals surface area (Å²) in [6.45, 7) is 2.15. The van der Waals surface area contributed by atoms with Gasteiger partial charge in [0.15, 0.2) is 0 Å². The van der Waals surface area contributed by atoms with Crippen LogP contribution in [0.15, 0.2) is 12.1 Å². The number of hydrogen-bond acceptors (Lipinski definition) is 4. The summed E-state index contributed by atoms with van der Waals surface area (Å²) in [5.74, 6) is -0.0377. The van der Waals surface area contributed by atoms with Gasteiger partial charge < -0.3 is 21.1 Å². The number of anilines is 2. The Hall–Kier alpha value is -1.75. The van der Waals surface area contributed by atoms with E-state index in [4.69, 9.17) is 10.5 Å². The fourth-order valence-corrected chi connectivity index (χ4v) is 2.49. The second kappa shape index (κ2) is 4.49. The first kappa shape index (κ1) is 11.3. The van der Waals surface area contributed by atoms with E-state index in [-0.39, 0.29) is 5.91 Å². The van der Waals surface area contributed by atoms with Crippen molar-refractivity contribution in [1.82, 2.24) is 5.32 Å². The number of rotatable bonds is 2. The molecular weight excluding hydrogens is 230 g/mol. The molecule has 2 aliphatic heterocycles. The molecule has 1 amide bonds. The first-order chi connectivity index (χ1) is 8.74. The summed E-state index contributed by atoms with van der Waals surface area (Å²) in [7, 11) is 0. The third-order valence-electron chi connectivity index (χ3n) is 3.48. The molecule has 1 saturated heterocycles. The number of carbonyl (C=O) groups is 1. The lowest BCUT2D eigenvalue weighted by molar-refractivity contribution is 0.0876. The Morgan fingerprint density at radius 3 is 3.11 bits per heavy atom. The largest absolute Gasteiger partial charge is 0.397 e. The van der Waals surface area contributed by atoms with Gasteiger partial charge in [0.05, 0.1) is 18.0 Å². The van der Waals surface area contributed by atoms with Crippen LogP contribution in [0.3, 0.4) is 0 Å². The number of fused-ring (bicyclic) bond motifs is 1. The summed E-state index contributed by atoms with van der Waals surface area (Å²) >= 11 is 0. The smallest absolute Gasteiger partial charge is 0.251 e. The van der Waals surface area contributed by atoms with Crippen molar-refractivity contribution in [3.63, 3.8) is 0 Å². The standard InChI is InChI=1S/C13H17N3O2/c14-11-5-10-8(6-15-13(10)17)4-12(11)16-9-2-1-3-18-7-9/h4-5,9,16H,1-3,6-7,14H2,(H,15,17). The van der Waals surface area contributed by atoms with Crippen molar-refractivity contribution in [1.29, 1.82) is 0 Å². The van der Waals surface area contributed by atoms with Crippen LogP contribution in [0.5, 0.6) is 0 Å². The second-order valence-electron chi connectivity index (χ2n) is 4.84. The Labute approximate surface area is 106 Å². The molecule has 1 atom stereocenters. The maximum atomic E-state index is 11.5. The number of ether oxygens (including phenoxy) is 1. The number of carbonyl (C=O) groups excluding carboxylic acids is 1. The highest BCUT2D eigenvalue weighted by Crippen LogP contribution is 2.28. The molecule has 0 aliphatic carbocycles. The van der Waals surface area contributed by atoms with Crippen molar-refractivity contribution in [2.45, 2.75) is 25.4 Å². The Morgan fingerprint density at radius 2 is 2.33 bits per heavy atom. The van der Waals surface area contributed by atoms with Crippen LogP contribution in [-0.2, 0) is 11.3 Å². The molecule has 2 aliphatic rings. The molecule has 1 fully saturated rings. The van der Waals surface area contributed by atoms with Crippen molar-refractivity contribution in [2.24, 2.45) is 0 Å². The van der Waals surface area contributed by atoms with Crippen LogP contribution in [0, 0.1) is 0 Å². The zero-order valence-corrected chi connectivity index (χ0v) is 10.2. The van der Waals surface area contributed by atoms with Crippen LogP contribution >= 0.6 is 0 Å². The molecule has 3 rings (SSSR count). The van der Waals surface area contributed by atoms with Gasteiger partial charge in [0.1, 0.15) is 0 Å². The van der Waals surface area contributed by atoms with Gasteiger partial charge in [-0.1, -0.05) is 0 Å². The van der Waals surface area contributed by atoms with Crippen LogP contribution in [0.2, 0.25) is 0 Å². The predicted molar refractivity (Wildman–Crippen MR) is 69.5 cm³/mol. The van der Waals surface area contributed by atoms with Gasteiger partial charge in [0, 0.05) is 24.8 Å². The van der Waals surface area contributed by atoms with Crippen molar-refractivity contribution < 1.29 is 9.53 Å². The molecule has 0 spiro atoms. The van der Waals surface area contributed by atoms with Gasteiger partial charge in [-0.05, 0) is 30.5 Å². The minimum Gasteiger partial charge on any atom is -0.397 e. The summed E-state index contributed by atoms with van der Waals surface area (Å²) in [6.07, 6.45) is 2.16. The molecule has 96 valence electrons. The van der Waals surface area contributed by atoms with E-state index >= 15 is 0 Å². The van der Waals surface area contributed by atoms with Crippen LogP contribution in [0.1, 0.15) is 28.8 Å². The molecule has 0 bridgehead atoms. The zero-order chi connectivity index (χ0) is 12.5. The molecular formula is C13H17N3O2. The molecule has 18 heavy (non-hydrogen) atoms. The molecule has 5 nitrogen and oxygen atoms in total. The lowest BCUT2D eigenvalue weighted by Gasteiger charge is -2.25. The van der Waals surface area contributed by atoms with Gasteiger partial charge in [0.2, 0.25) is 0 Å². The monoisotopic (exact) mass is 247 g/mol. The first-order valence-corrected chi connectivity index (χ1v) is 6.29. The second-order valence-corrected chi connectivity index (χ2v) is 4.84. The van der Waals surface area contributed by atoms with E-state index in [1.54, 1.807) is 6.07 Å². The van der Waals surface area contributed by atoms with Gasteiger partial charge in [-0.15, -0.1) is 0 Å². The van der Waals surface area contributed by atoms with Gasteiger partial charge >= 0.3 is 0 Å². The van der Waals surface area contributed by atoms with E-state index in [2.05, 4.69) is 10.6 Å². The molecule has 1 unspecified atom stereocenters. The Bertz CT molecular complexity index is 481. The molecule has 1 aromatic carbocycles. The Balaban J connectivity index is 1.82. The van der Waals surface area contributed by atoms with Gasteiger partial charge in [0.25, 0.3) is 5.91 Å². The minimum atomic E-state index is -0.0377. The van der Waals surface area contributed by atoms with Gasteiger partial charge in [-0.2, -0.15) is 0 Å². The fourth-order valence-electron chi connectivity index (χ4n) is 2.49. The van der Waals surface area contributed by atoms with Crippen molar-refractivity contribution in [2.75, 3.05) is 24.3 Å². The Morgan fingerprint density at radius 1 is 1.44 bits per heavy atom. The average Bonchev–Trinajstić information content (AvgIpc) is 2.73. The number of nitrogens with one attached hydrogen (secondary N) is 2. The van der Waals surface area contributed by atoms with E-state index in [9.17, 15) is 4.79 Å². The molecule has 0 saturated carbocycles. The van der Waals surface area contributed by atoms with Crippen molar-refractivity contribution >= 4 is 17.3 Å². The SMILES string of the molecule is Nc1cc2c(cc1NC1CCCOC1)CNC2=O. The topological polar surface area (TPSA) is 76.4 Å². The number of nitrogen functional groups attached to an aromatic ring is 1. The zero-order valence-electron chi connectivity index (χ0n) is 10.2.